The summed E-state index contributed by atoms with van der Waals surface area (Å²) in [6.07, 6.45) is 0.520. The summed E-state index contributed by atoms with van der Waals surface area (Å²) >= 11 is 0. The smallest absolute Gasteiger partial charge is 0.128 e. The topological polar surface area (TPSA) is 39.9 Å². The van der Waals surface area contributed by atoms with Crippen molar-refractivity contribution in [3.05, 3.63) is 23.9 Å². The second-order valence-corrected chi connectivity index (χ2v) is 3.46. The summed E-state index contributed by atoms with van der Waals surface area (Å²) in [5.41, 5.74) is 0.999. The van der Waals surface area contributed by atoms with Crippen molar-refractivity contribution in [2.75, 3.05) is 11.9 Å². The van der Waals surface area contributed by atoms with Gasteiger partial charge < -0.3 is 4.90 Å². The molecule has 0 amide bonds. The van der Waals surface area contributed by atoms with Gasteiger partial charge in [-0.05, 0) is 26.0 Å². The molecule has 1 aromatic heterocycles. The molecule has 0 aromatic carbocycles. The second-order valence-electron chi connectivity index (χ2n) is 3.46. The molecule has 0 saturated heterocycles. The molecule has 0 spiro atoms. The molecule has 14 heavy (non-hydrogen) atoms. The summed E-state index contributed by atoms with van der Waals surface area (Å²) in [4.78, 5) is 6.42. The van der Waals surface area contributed by atoms with E-state index in [1.807, 2.05) is 44.0 Å². The molecule has 3 nitrogen and oxygen atoms in total. The van der Waals surface area contributed by atoms with Crippen molar-refractivity contribution >= 4 is 5.82 Å². The zero-order chi connectivity index (χ0) is 10.6. The van der Waals surface area contributed by atoms with Gasteiger partial charge in [-0.25, -0.2) is 4.98 Å². The van der Waals surface area contributed by atoms with Gasteiger partial charge in [0.25, 0.3) is 0 Å². The van der Waals surface area contributed by atoms with Crippen molar-refractivity contribution in [2.45, 2.75) is 26.3 Å². The van der Waals surface area contributed by atoms with Gasteiger partial charge in [0, 0.05) is 18.8 Å². The first-order valence-corrected chi connectivity index (χ1v) is 4.68. The predicted molar refractivity (Wildman–Crippen MR) is 57.1 cm³/mol. The highest BCUT2D eigenvalue weighted by molar-refractivity contribution is 5.39. The number of anilines is 1. The highest BCUT2D eigenvalue weighted by Gasteiger charge is 2.10. The van der Waals surface area contributed by atoms with E-state index in [1.165, 1.54) is 0 Å². The monoisotopic (exact) mass is 189 g/mol. The average Bonchev–Trinajstić information content (AvgIpc) is 2.17. The number of hydrogen-bond acceptors (Lipinski definition) is 3. The lowest BCUT2D eigenvalue weighted by molar-refractivity contribution is 0.693. The molecule has 0 radical (unpaired) electrons. The lowest BCUT2D eigenvalue weighted by atomic mass is 10.2. The minimum Gasteiger partial charge on any atom is -0.356 e. The van der Waals surface area contributed by atoms with E-state index in [4.69, 9.17) is 5.26 Å². The second kappa shape index (κ2) is 4.61. The van der Waals surface area contributed by atoms with Crippen molar-refractivity contribution < 1.29 is 0 Å². The molecule has 74 valence electrons. The van der Waals surface area contributed by atoms with E-state index in [0.29, 0.717) is 6.42 Å². The third-order valence-corrected chi connectivity index (χ3v) is 2.28. The van der Waals surface area contributed by atoms with Crippen molar-refractivity contribution in [2.24, 2.45) is 0 Å². The highest BCUT2D eigenvalue weighted by atomic mass is 15.2. The third kappa shape index (κ3) is 2.46. The SMILES string of the molecule is Cc1cccc(N(C)C(C)CC#N)n1. The summed E-state index contributed by atoms with van der Waals surface area (Å²) in [5.74, 6) is 0.924. The van der Waals surface area contributed by atoms with Crippen LogP contribution in [-0.2, 0) is 0 Å². The van der Waals surface area contributed by atoms with Crippen LogP contribution in [0, 0.1) is 18.3 Å². The number of nitriles is 1. The van der Waals surface area contributed by atoms with E-state index in [2.05, 4.69) is 11.1 Å². The fourth-order valence-corrected chi connectivity index (χ4v) is 1.22. The normalized spacial score (nSPS) is 11.9. The van der Waals surface area contributed by atoms with Crippen LogP contribution in [0.4, 0.5) is 5.82 Å². The average molecular weight is 189 g/mol. The van der Waals surface area contributed by atoms with Crippen LogP contribution in [0.2, 0.25) is 0 Å². The Morgan fingerprint density at radius 2 is 2.29 bits per heavy atom. The van der Waals surface area contributed by atoms with Gasteiger partial charge in [0.15, 0.2) is 0 Å². The zero-order valence-electron chi connectivity index (χ0n) is 8.86. The van der Waals surface area contributed by atoms with E-state index in [9.17, 15) is 0 Å². The van der Waals surface area contributed by atoms with E-state index in [0.717, 1.165) is 11.5 Å². The van der Waals surface area contributed by atoms with Crippen molar-refractivity contribution in [3.63, 3.8) is 0 Å². The number of nitrogens with zero attached hydrogens (tertiary/aromatic N) is 3. The molecule has 1 unspecified atom stereocenters. The summed E-state index contributed by atoms with van der Waals surface area (Å²) in [7, 11) is 1.96. The van der Waals surface area contributed by atoms with Crippen LogP contribution in [0.15, 0.2) is 18.2 Å². The van der Waals surface area contributed by atoms with Gasteiger partial charge in [-0.2, -0.15) is 5.26 Å². The Hall–Kier alpha value is -1.56. The Morgan fingerprint density at radius 1 is 1.57 bits per heavy atom. The maximum atomic E-state index is 8.59. The minimum absolute atomic E-state index is 0.203. The first kappa shape index (κ1) is 10.5. The quantitative estimate of drug-likeness (QED) is 0.731. The number of aromatic nitrogens is 1. The molecule has 0 bridgehead atoms. The minimum atomic E-state index is 0.203. The summed E-state index contributed by atoms with van der Waals surface area (Å²) in [6, 6.07) is 8.27. The molecular formula is C11H15N3. The number of aryl methyl sites for hydroxylation is 1. The van der Waals surface area contributed by atoms with Crippen LogP contribution >= 0.6 is 0 Å². The van der Waals surface area contributed by atoms with E-state index >= 15 is 0 Å². The van der Waals surface area contributed by atoms with Gasteiger partial charge in [-0.3, -0.25) is 0 Å². The standard InChI is InChI=1S/C11H15N3/c1-9-5-4-6-11(13-9)14(3)10(2)7-8-12/h4-6,10H,7H2,1-3H3. The lowest BCUT2D eigenvalue weighted by Gasteiger charge is -2.24. The van der Waals surface area contributed by atoms with Gasteiger partial charge in [-0.1, -0.05) is 6.07 Å². The van der Waals surface area contributed by atoms with E-state index in [1.54, 1.807) is 0 Å². The molecule has 1 heterocycles. The van der Waals surface area contributed by atoms with E-state index in [-0.39, 0.29) is 6.04 Å². The molecule has 0 aliphatic carbocycles. The largest absolute Gasteiger partial charge is 0.356 e. The van der Waals surface area contributed by atoms with Gasteiger partial charge in [0.1, 0.15) is 5.82 Å². The van der Waals surface area contributed by atoms with Crippen LogP contribution < -0.4 is 4.90 Å². The maximum Gasteiger partial charge on any atom is 0.128 e. The van der Waals surface area contributed by atoms with E-state index < -0.39 is 0 Å². The highest BCUT2D eigenvalue weighted by Crippen LogP contribution is 2.13. The fourth-order valence-electron chi connectivity index (χ4n) is 1.22. The number of rotatable bonds is 3. The van der Waals surface area contributed by atoms with Gasteiger partial charge in [0.05, 0.1) is 12.5 Å². The molecule has 3 heteroatoms. The van der Waals surface area contributed by atoms with Crippen LogP contribution in [-0.4, -0.2) is 18.1 Å². The Balaban J connectivity index is 2.79. The van der Waals surface area contributed by atoms with Crippen molar-refractivity contribution in [1.82, 2.24) is 4.98 Å². The number of hydrogen-bond donors (Lipinski definition) is 0. The summed E-state index contributed by atoms with van der Waals surface area (Å²) in [5, 5.41) is 8.59. The molecule has 0 saturated carbocycles. The molecule has 0 N–H and O–H groups in total. The molecule has 0 aliphatic heterocycles. The molecule has 1 aromatic rings. The van der Waals surface area contributed by atoms with Crippen LogP contribution in [0.25, 0.3) is 0 Å². The molecule has 1 rings (SSSR count). The van der Waals surface area contributed by atoms with Crippen molar-refractivity contribution in [1.29, 1.82) is 5.26 Å². The fraction of sp³-hybridized carbons (Fsp3) is 0.455. The maximum absolute atomic E-state index is 8.59. The Bertz CT molecular complexity index is 341. The lowest BCUT2D eigenvalue weighted by Crippen LogP contribution is -2.29. The molecule has 1 atom stereocenters. The molecule has 0 aliphatic rings. The Morgan fingerprint density at radius 3 is 2.86 bits per heavy atom. The summed E-state index contributed by atoms with van der Waals surface area (Å²) in [6.45, 7) is 3.99. The molecular weight excluding hydrogens is 174 g/mol. The van der Waals surface area contributed by atoms with Gasteiger partial charge in [0.2, 0.25) is 0 Å². The van der Waals surface area contributed by atoms with Gasteiger partial charge in [-0.15, -0.1) is 0 Å². The van der Waals surface area contributed by atoms with Crippen LogP contribution in [0.5, 0.6) is 0 Å². The van der Waals surface area contributed by atoms with Crippen LogP contribution in [0.3, 0.4) is 0 Å². The van der Waals surface area contributed by atoms with Crippen LogP contribution in [0.1, 0.15) is 19.0 Å². The van der Waals surface area contributed by atoms with Gasteiger partial charge >= 0.3 is 0 Å². The summed E-state index contributed by atoms with van der Waals surface area (Å²) < 4.78 is 0. The third-order valence-electron chi connectivity index (χ3n) is 2.28. The Kier molecular flexibility index (Phi) is 3.47. The Labute approximate surface area is 85.0 Å². The number of pyridine rings is 1. The zero-order valence-corrected chi connectivity index (χ0v) is 8.86. The first-order chi connectivity index (χ1) is 6.65. The van der Waals surface area contributed by atoms with Crippen molar-refractivity contribution in [3.8, 4) is 6.07 Å². The predicted octanol–water partition coefficient (Wildman–Crippen LogP) is 2.13. The molecule has 0 fully saturated rings. The first-order valence-electron chi connectivity index (χ1n) is 4.68.